The monoisotopic (exact) mass is 570 g/mol. The number of carbonyl (C=O) groups is 1. The number of fused-ring (bicyclic) bond motifs is 1. The number of nitrogens with one attached hydrogen (secondary N) is 1. The molecule has 0 saturated carbocycles. The number of carbonyl (C=O) groups excluding carboxylic acids is 1. The van der Waals surface area contributed by atoms with E-state index in [1.165, 1.54) is 21.0 Å². The first-order valence-corrected chi connectivity index (χ1v) is 14.8. The van der Waals surface area contributed by atoms with E-state index < -0.39 is 10.0 Å². The summed E-state index contributed by atoms with van der Waals surface area (Å²) in [6.07, 6.45) is 0. The zero-order valence-corrected chi connectivity index (χ0v) is 23.5. The molecule has 4 rings (SSSR count). The summed E-state index contributed by atoms with van der Waals surface area (Å²) in [5, 5.41) is 4.11. The van der Waals surface area contributed by atoms with Crippen molar-refractivity contribution >= 4 is 55.9 Å². The molecule has 3 aromatic carbocycles. The van der Waals surface area contributed by atoms with Crippen molar-refractivity contribution in [2.24, 2.45) is 0 Å². The highest BCUT2D eigenvalue weighted by Gasteiger charge is 2.21. The minimum absolute atomic E-state index is 0.0239. The zero-order valence-electron chi connectivity index (χ0n) is 21.1. The van der Waals surface area contributed by atoms with Crippen LogP contribution in [0.4, 0.5) is 5.69 Å². The quantitative estimate of drug-likeness (QED) is 0.222. The van der Waals surface area contributed by atoms with E-state index in [4.69, 9.17) is 11.6 Å². The van der Waals surface area contributed by atoms with Crippen LogP contribution in [-0.4, -0.2) is 47.0 Å². The number of rotatable bonds is 9. The van der Waals surface area contributed by atoms with Gasteiger partial charge in [0.05, 0.1) is 27.2 Å². The molecule has 0 unspecified atom stereocenters. The molecule has 0 spiro atoms. The number of hydrogen-bond acceptors (Lipinski definition) is 6. The minimum Gasteiger partial charge on any atom is -0.325 e. The Hall–Kier alpha value is -3.18. The lowest BCUT2D eigenvalue weighted by Crippen LogP contribution is -2.30. The maximum atomic E-state index is 13.5. The van der Waals surface area contributed by atoms with Crippen LogP contribution < -0.4 is 10.9 Å². The molecular formula is C27H27ClN4O4S2. The van der Waals surface area contributed by atoms with Gasteiger partial charge < -0.3 is 5.32 Å². The van der Waals surface area contributed by atoms with Crippen LogP contribution in [0.1, 0.15) is 19.4 Å². The largest absolute Gasteiger partial charge is 0.325 e. The summed E-state index contributed by atoms with van der Waals surface area (Å²) >= 11 is 7.45. The van der Waals surface area contributed by atoms with E-state index in [9.17, 15) is 18.0 Å². The Balaban J connectivity index is 1.58. The average molecular weight is 571 g/mol. The van der Waals surface area contributed by atoms with Crippen LogP contribution in [-0.2, 0) is 14.8 Å². The fourth-order valence-corrected chi connectivity index (χ4v) is 6.44. The summed E-state index contributed by atoms with van der Waals surface area (Å²) in [6.45, 7) is 6.13. The predicted octanol–water partition coefficient (Wildman–Crippen LogP) is 5.11. The third kappa shape index (κ3) is 5.63. The number of benzene rings is 3. The number of aromatic nitrogens is 2. The van der Waals surface area contributed by atoms with Crippen molar-refractivity contribution in [3.05, 3.63) is 87.7 Å². The van der Waals surface area contributed by atoms with Gasteiger partial charge >= 0.3 is 0 Å². The van der Waals surface area contributed by atoms with Gasteiger partial charge in [-0.3, -0.25) is 14.2 Å². The molecule has 0 aliphatic rings. The number of halogens is 1. The number of amides is 1. The second-order valence-corrected chi connectivity index (χ2v) is 11.7. The van der Waals surface area contributed by atoms with E-state index in [1.54, 1.807) is 68.4 Å². The van der Waals surface area contributed by atoms with E-state index >= 15 is 0 Å². The number of nitrogens with zero attached hydrogens (tertiary/aromatic N) is 3. The Bertz CT molecular complexity index is 1650. The normalized spacial score (nSPS) is 11.7. The molecule has 0 aliphatic carbocycles. The van der Waals surface area contributed by atoms with Crippen LogP contribution >= 0.6 is 23.4 Å². The third-order valence-corrected chi connectivity index (χ3v) is 9.45. The second-order valence-electron chi connectivity index (χ2n) is 8.39. The molecule has 8 nitrogen and oxygen atoms in total. The molecule has 1 heterocycles. The topological polar surface area (TPSA) is 101 Å². The lowest BCUT2D eigenvalue weighted by Gasteiger charge is -2.18. The molecule has 0 fully saturated rings. The van der Waals surface area contributed by atoms with E-state index in [1.807, 2.05) is 6.92 Å². The van der Waals surface area contributed by atoms with Crippen LogP contribution in [0.3, 0.4) is 0 Å². The SMILES string of the molecule is CCN(CC)S(=O)(=O)c1ccc(NC(=O)CSc2nc3ccccc3c(=O)n2-c2cccc(Cl)c2C)cc1. The van der Waals surface area contributed by atoms with E-state index in [0.717, 1.165) is 17.3 Å². The Morgan fingerprint density at radius 3 is 2.39 bits per heavy atom. The van der Waals surface area contributed by atoms with Crippen molar-refractivity contribution in [2.45, 2.75) is 30.8 Å². The molecule has 0 radical (unpaired) electrons. The van der Waals surface area contributed by atoms with Crippen LogP contribution in [0.5, 0.6) is 0 Å². The van der Waals surface area contributed by atoms with Gasteiger partial charge in [-0.05, 0) is 61.0 Å². The zero-order chi connectivity index (χ0) is 27.4. The standard InChI is InChI=1S/C27H27ClN4O4S2/c1-4-31(5-2)38(35,36)20-15-13-19(14-16-20)29-25(33)17-37-27-30-23-11-7-6-9-21(23)26(34)32(27)24-12-8-10-22(28)18(24)3/h6-16H,4-5,17H2,1-3H3,(H,29,33). The average Bonchev–Trinajstić information content (AvgIpc) is 2.90. The summed E-state index contributed by atoms with van der Waals surface area (Å²) in [6, 6.07) is 18.4. The number of sulfonamides is 1. The molecule has 1 N–H and O–H groups in total. The van der Waals surface area contributed by atoms with Crippen LogP contribution in [0, 0.1) is 6.92 Å². The Labute approximate surface area is 230 Å². The first-order chi connectivity index (χ1) is 18.2. The fraction of sp³-hybridized carbons (Fsp3) is 0.222. The van der Waals surface area contributed by atoms with Gasteiger partial charge in [-0.15, -0.1) is 0 Å². The van der Waals surface area contributed by atoms with Gasteiger partial charge in [-0.1, -0.05) is 55.4 Å². The highest BCUT2D eigenvalue weighted by molar-refractivity contribution is 7.99. The van der Waals surface area contributed by atoms with Gasteiger partial charge in [0.2, 0.25) is 15.9 Å². The summed E-state index contributed by atoms with van der Waals surface area (Å²) in [5.41, 5.74) is 2.05. The molecule has 38 heavy (non-hydrogen) atoms. The van der Waals surface area contributed by atoms with Crippen molar-refractivity contribution in [1.29, 1.82) is 0 Å². The van der Waals surface area contributed by atoms with Crippen LogP contribution in [0.2, 0.25) is 5.02 Å². The van der Waals surface area contributed by atoms with Gasteiger partial charge in [0.1, 0.15) is 0 Å². The van der Waals surface area contributed by atoms with E-state index in [0.29, 0.717) is 45.5 Å². The fourth-order valence-electron chi connectivity index (χ4n) is 4.01. The highest BCUT2D eigenvalue weighted by atomic mass is 35.5. The molecule has 0 bridgehead atoms. The number of hydrogen-bond donors (Lipinski definition) is 1. The molecule has 0 atom stereocenters. The second kappa shape index (κ2) is 11.7. The lowest BCUT2D eigenvalue weighted by molar-refractivity contribution is -0.113. The van der Waals surface area contributed by atoms with Crippen LogP contribution in [0.15, 0.2) is 81.6 Å². The molecule has 4 aromatic rings. The third-order valence-electron chi connectivity index (χ3n) is 6.04. The highest BCUT2D eigenvalue weighted by Crippen LogP contribution is 2.27. The van der Waals surface area contributed by atoms with Gasteiger partial charge in [0.15, 0.2) is 5.16 Å². The first kappa shape index (κ1) is 27.8. The Morgan fingerprint density at radius 1 is 1.03 bits per heavy atom. The summed E-state index contributed by atoms with van der Waals surface area (Å²) < 4.78 is 28.2. The van der Waals surface area contributed by atoms with Crippen molar-refractivity contribution in [2.75, 3.05) is 24.2 Å². The number of para-hydroxylation sites is 1. The lowest BCUT2D eigenvalue weighted by atomic mass is 10.2. The van der Waals surface area contributed by atoms with Crippen LogP contribution in [0.25, 0.3) is 16.6 Å². The van der Waals surface area contributed by atoms with Gasteiger partial charge in [-0.2, -0.15) is 4.31 Å². The van der Waals surface area contributed by atoms with E-state index in [-0.39, 0.29) is 22.1 Å². The molecule has 1 aromatic heterocycles. The molecule has 1 amide bonds. The van der Waals surface area contributed by atoms with Crippen molar-refractivity contribution < 1.29 is 13.2 Å². The summed E-state index contributed by atoms with van der Waals surface area (Å²) in [4.78, 5) is 31.1. The first-order valence-electron chi connectivity index (χ1n) is 12.0. The smallest absolute Gasteiger partial charge is 0.266 e. The maximum Gasteiger partial charge on any atom is 0.266 e. The Kier molecular flexibility index (Phi) is 8.57. The molecule has 198 valence electrons. The molecule has 0 saturated heterocycles. The summed E-state index contributed by atoms with van der Waals surface area (Å²) in [5.74, 6) is -0.352. The van der Waals surface area contributed by atoms with E-state index in [2.05, 4.69) is 10.3 Å². The maximum absolute atomic E-state index is 13.5. The van der Waals surface area contributed by atoms with Crippen molar-refractivity contribution in [3.63, 3.8) is 0 Å². The molecule has 0 aliphatic heterocycles. The van der Waals surface area contributed by atoms with Gasteiger partial charge in [0.25, 0.3) is 5.56 Å². The van der Waals surface area contributed by atoms with Crippen molar-refractivity contribution in [1.82, 2.24) is 13.9 Å². The molecular weight excluding hydrogens is 544 g/mol. The summed E-state index contributed by atoms with van der Waals surface area (Å²) in [7, 11) is -3.59. The molecule has 11 heteroatoms. The number of anilines is 1. The Morgan fingerprint density at radius 2 is 1.71 bits per heavy atom. The van der Waals surface area contributed by atoms with Gasteiger partial charge in [-0.25, -0.2) is 13.4 Å². The minimum atomic E-state index is -3.59. The predicted molar refractivity (Wildman–Crippen MR) is 153 cm³/mol. The number of thioether (sulfide) groups is 1. The van der Waals surface area contributed by atoms with Gasteiger partial charge in [0, 0.05) is 23.8 Å². The van der Waals surface area contributed by atoms with Crippen molar-refractivity contribution in [3.8, 4) is 5.69 Å².